The van der Waals surface area contributed by atoms with Crippen LogP contribution >= 0.6 is 11.8 Å². The third-order valence-corrected chi connectivity index (χ3v) is 4.66. The molecule has 0 bridgehead atoms. The Morgan fingerprint density at radius 1 is 1.43 bits per heavy atom. The first-order valence-electron chi connectivity index (χ1n) is 6.49. The lowest BCUT2D eigenvalue weighted by Gasteiger charge is -2.14. The number of nitrogen functional groups attached to an aromatic ring is 1. The lowest BCUT2D eigenvalue weighted by atomic mass is 10.1. The number of hydrogen-bond donors (Lipinski definition) is 3. The smallest absolute Gasteiger partial charge is 0.351 e. The first-order valence-corrected chi connectivity index (χ1v) is 7.54. The fraction of sp³-hybridized carbons (Fsp3) is 0.462. The van der Waals surface area contributed by atoms with Crippen LogP contribution in [0.1, 0.15) is 28.8 Å². The quantitative estimate of drug-likeness (QED) is 0.589. The molecule has 4 N–H and O–H groups in total. The normalized spacial score (nSPS) is 18.6. The highest BCUT2D eigenvalue weighted by Crippen LogP contribution is 2.35. The van der Waals surface area contributed by atoms with E-state index in [1.165, 1.54) is 6.07 Å². The number of hydrazine groups is 1. The third-order valence-electron chi connectivity index (χ3n) is 3.26. The summed E-state index contributed by atoms with van der Waals surface area (Å²) in [5.74, 6) is 5.62. The van der Waals surface area contributed by atoms with Gasteiger partial charge in [-0.3, -0.25) is 10.6 Å². The minimum Gasteiger partial charge on any atom is -0.351 e. The summed E-state index contributed by atoms with van der Waals surface area (Å²) in [6.45, 7) is 0.474. The van der Waals surface area contributed by atoms with E-state index in [4.69, 9.17) is 5.84 Å². The van der Waals surface area contributed by atoms with Crippen molar-refractivity contribution in [2.24, 2.45) is 5.84 Å². The van der Waals surface area contributed by atoms with Crippen molar-refractivity contribution in [3.8, 4) is 0 Å². The summed E-state index contributed by atoms with van der Waals surface area (Å²) >= 11 is 1.77. The van der Waals surface area contributed by atoms with E-state index in [-0.39, 0.29) is 11.3 Å². The van der Waals surface area contributed by atoms with Crippen LogP contribution in [0.25, 0.3) is 0 Å². The van der Waals surface area contributed by atoms with Crippen molar-refractivity contribution in [1.82, 2.24) is 5.32 Å². The molecule has 2 rings (SSSR count). The molecule has 8 heteroatoms. The van der Waals surface area contributed by atoms with Crippen LogP contribution in [-0.2, 0) is 6.18 Å². The molecule has 1 amide bonds. The number of carbonyl (C=O) groups is 1. The number of amides is 1. The van der Waals surface area contributed by atoms with Crippen molar-refractivity contribution >= 4 is 23.4 Å². The molecule has 0 aliphatic carbocycles. The van der Waals surface area contributed by atoms with Gasteiger partial charge in [-0.15, -0.1) is 0 Å². The van der Waals surface area contributed by atoms with Crippen LogP contribution in [0, 0.1) is 0 Å². The van der Waals surface area contributed by atoms with Crippen LogP contribution in [0.2, 0.25) is 0 Å². The maximum atomic E-state index is 12.9. The fourth-order valence-corrected chi connectivity index (χ4v) is 3.36. The van der Waals surface area contributed by atoms with Crippen molar-refractivity contribution in [1.29, 1.82) is 0 Å². The van der Waals surface area contributed by atoms with Gasteiger partial charge in [0.1, 0.15) is 0 Å². The Morgan fingerprint density at radius 2 is 2.19 bits per heavy atom. The molecule has 1 aliphatic heterocycles. The Hall–Kier alpha value is -1.41. The number of rotatable bonds is 4. The Kier molecular flexibility index (Phi) is 5.00. The number of thioether (sulfide) groups is 1. The van der Waals surface area contributed by atoms with Gasteiger partial charge in [-0.2, -0.15) is 24.9 Å². The Labute approximate surface area is 124 Å². The van der Waals surface area contributed by atoms with Gasteiger partial charge in [-0.05, 0) is 36.8 Å². The Balaban J connectivity index is 2.10. The standard InChI is InChI=1S/C13H16F3N3OS/c14-13(15,16)10-6-8(3-4-11(10)19-17)12(20)18-7-9-2-1-5-21-9/h3-4,6,9,19H,1-2,5,7,17H2,(H,18,20). The zero-order valence-corrected chi connectivity index (χ0v) is 12.0. The second kappa shape index (κ2) is 6.57. The SMILES string of the molecule is NNc1ccc(C(=O)NCC2CCCS2)cc1C(F)(F)F. The lowest BCUT2D eigenvalue weighted by Crippen LogP contribution is -2.30. The number of benzene rings is 1. The van der Waals surface area contributed by atoms with Gasteiger partial charge >= 0.3 is 6.18 Å². The summed E-state index contributed by atoms with van der Waals surface area (Å²) in [5, 5.41) is 3.03. The number of hydrogen-bond acceptors (Lipinski definition) is 4. The third kappa shape index (κ3) is 4.04. The molecule has 116 valence electrons. The maximum absolute atomic E-state index is 12.9. The molecular weight excluding hydrogens is 303 g/mol. The first-order chi connectivity index (χ1) is 9.91. The molecule has 0 saturated carbocycles. The van der Waals surface area contributed by atoms with Gasteiger partial charge in [0.05, 0.1) is 11.3 Å². The van der Waals surface area contributed by atoms with Gasteiger partial charge in [0.25, 0.3) is 5.91 Å². The molecular formula is C13H16F3N3OS. The average molecular weight is 319 g/mol. The van der Waals surface area contributed by atoms with Crippen LogP contribution in [0.3, 0.4) is 0 Å². The van der Waals surface area contributed by atoms with Gasteiger partial charge in [0.2, 0.25) is 0 Å². The molecule has 1 aliphatic rings. The summed E-state index contributed by atoms with van der Waals surface area (Å²) in [6, 6.07) is 3.29. The number of alkyl halides is 3. The van der Waals surface area contributed by atoms with E-state index >= 15 is 0 Å². The van der Waals surface area contributed by atoms with Gasteiger partial charge < -0.3 is 10.7 Å². The largest absolute Gasteiger partial charge is 0.418 e. The van der Waals surface area contributed by atoms with E-state index < -0.39 is 17.6 Å². The summed E-state index contributed by atoms with van der Waals surface area (Å²) in [5.41, 5.74) is 0.756. The topological polar surface area (TPSA) is 67.1 Å². The van der Waals surface area contributed by atoms with E-state index in [0.717, 1.165) is 30.7 Å². The molecule has 0 aromatic heterocycles. The molecule has 1 fully saturated rings. The van der Waals surface area contributed by atoms with Crippen molar-refractivity contribution in [3.63, 3.8) is 0 Å². The summed E-state index contributed by atoms with van der Waals surface area (Å²) in [6.07, 6.45) is -2.44. The Bertz CT molecular complexity index is 516. The summed E-state index contributed by atoms with van der Waals surface area (Å²) < 4.78 is 38.6. The predicted octanol–water partition coefficient (Wildman–Crippen LogP) is 2.62. The molecule has 1 heterocycles. The van der Waals surface area contributed by atoms with Crippen molar-refractivity contribution in [2.75, 3.05) is 17.7 Å². The molecule has 4 nitrogen and oxygen atoms in total. The van der Waals surface area contributed by atoms with Gasteiger partial charge in [0.15, 0.2) is 0 Å². The first kappa shape index (κ1) is 16.0. The lowest BCUT2D eigenvalue weighted by molar-refractivity contribution is -0.137. The Morgan fingerprint density at radius 3 is 2.76 bits per heavy atom. The minimum atomic E-state index is -4.57. The fourth-order valence-electron chi connectivity index (χ4n) is 2.16. The number of nitrogens with two attached hydrogens (primary N) is 1. The molecule has 0 spiro atoms. The van der Waals surface area contributed by atoms with Gasteiger partial charge in [0, 0.05) is 17.4 Å². The molecule has 1 saturated heterocycles. The maximum Gasteiger partial charge on any atom is 0.418 e. The van der Waals surface area contributed by atoms with Crippen molar-refractivity contribution in [2.45, 2.75) is 24.3 Å². The van der Waals surface area contributed by atoms with E-state index in [1.807, 2.05) is 5.43 Å². The number of anilines is 1. The van der Waals surface area contributed by atoms with E-state index in [1.54, 1.807) is 11.8 Å². The molecule has 0 radical (unpaired) electrons. The predicted molar refractivity (Wildman–Crippen MR) is 77.1 cm³/mol. The monoisotopic (exact) mass is 319 g/mol. The van der Waals surface area contributed by atoms with Crippen molar-refractivity contribution < 1.29 is 18.0 Å². The van der Waals surface area contributed by atoms with Gasteiger partial charge in [-0.1, -0.05) is 0 Å². The van der Waals surface area contributed by atoms with Crippen LogP contribution in [0.15, 0.2) is 18.2 Å². The molecule has 1 unspecified atom stereocenters. The zero-order valence-electron chi connectivity index (χ0n) is 11.2. The number of carbonyl (C=O) groups excluding carboxylic acids is 1. The molecule has 21 heavy (non-hydrogen) atoms. The molecule has 1 aromatic rings. The highest BCUT2D eigenvalue weighted by Gasteiger charge is 2.34. The van der Waals surface area contributed by atoms with E-state index in [2.05, 4.69) is 5.32 Å². The molecule has 1 atom stereocenters. The summed E-state index contributed by atoms with van der Waals surface area (Å²) in [4.78, 5) is 11.9. The minimum absolute atomic E-state index is 0.0238. The zero-order chi connectivity index (χ0) is 15.5. The van der Waals surface area contributed by atoms with Crippen LogP contribution in [0.5, 0.6) is 0 Å². The van der Waals surface area contributed by atoms with E-state index in [9.17, 15) is 18.0 Å². The van der Waals surface area contributed by atoms with E-state index in [0.29, 0.717) is 11.8 Å². The van der Waals surface area contributed by atoms with Crippen LogP contribution in [0.4, 0.5) is 18.9 Å². The van der Waals surface area contributed by atoms with Crippen LogP contribution < -0.4 is 16.6 Å². The number of halogens is 3. The highest BCUT2D eigenvalue weighted by atomic mass is 32.2. The van der Waals surface area contributed by atoms with Crippen molar-refractivity contribution in [3.05, 3.63) is 29.3 Å². The summed E-state index contributed by atoms with van der Waals surface area (Å²) in [7, 11) is 0. The second-order valence-electron chi connectivity index (χ2n) is 4.75. The molecule has 1 aromatic carbocycles. The number of nitrogens with one attached hydrogen (secondary N) is 2. The second-order valence-corrected chi connectivity index (χ2v) is 6.16. The highest BCUT2D eigenvalue weighted by molar-refractivity contribution is 8.00. The average Bonchev–Trinajstić information content (AvgIpc) is 2.96. The van der Waals surface area contributed by atoms with Gasteiger partial charge in [-0.25, -0.2) is 0 Å². The van der Waals surface area contributed by atoms with Crippen LogP contribution in [-0.4, -0.2) is 23.5 Å².